The van der Waals surface area contributed by atoms with Gasteiger partial charge >= 0.3 is 0 Å². The van der Waals surface area contributed by atoms with Crippen molar-refractivity contribution in [2.75, 3.05) is 18.4 Å². The summed E-state index contributed by atoms with van der Waals surface area (Å²) in [6.45, 7) is 6.10. The highest BCUT2D eigenvalue weighted by Gasteiger charge is 2.28. The zero-order valence-electron chi connectivity index (χ0n) is 14.9. The molecule has 1 aliphatic heterocycles. The lowest BCUT2D eigenvalue weighted by molar-refractivity contribution is -0.114. The van der Waals surface area contributed by atoms with Crippen LogP contribution in [0.25, 0.3) is 0 Å². The van der Waals surface area contributed by atoms with Gasteiger partial charge in [0.05, 0.1) is 15.6 Å². The third kappa shape index (κ3) is 3.99. The van der Waals surface area contributed by atoms with Crippen LogP contribution in [0.4, 0.5) is 5.13 Å². The summed E-state index contributed by atoms with van der Waals surface area (Å²) in [4.78, 5) is 46.5. The summed E-state index contributed by atoms with van der Waals surface area (Å²) < 4.78 is 0. The number of carbonyl (C=O) groups excluding carboxylic acids is 3. The van der Waals surface area contributed by atoms with E-state index in [9.17, 15) is 14.4 Å². The first-order valence-corrected chi connectivity index (χ1v) is 10.1. The van der Waals surface area contributed by atoms with E-state index >= 15 is 0 Å². The Morgan fingerprint density at radius 3 is 2.46 bits per heavy atom. The van der Waals surface area contributed by atoms with Gasteiger partial charge < -0.3 is 10.2 Å². The van der Waals surface area contributed by atoms with Gasteiger partial charge in [0.1, 0.15) is 5.69 Å². The van der Waals surface area contributed by atoms with Gasteiger partial charge in [-0.2, -0.15) is 0 Å². The van der Waals surface area contributed by atoms with Crippen LogP contribution in [0, 0.1) is 6.92 Å². The third-order valence-corrected chi connectivity index (χ3v) is 6.45. The summed E-state index contributed by atoms with van der Waals surface area (Å²) >= 11 is 2.72. The van der Waals surface area contributed by atoms with Crippen molar-refractivity contribution in [2.24, 2.45) is 0 Å². The monoisotopic (exact) mass is 392 g/mol. The minimum Gasteiger partial charge on any atom is -0.337 e. The van der Waals surface area contributed by atoms with E-state index in [4.69, 9.17) is 0 Å². The van der Waals surface area contributed by atoms with Crippen molar-refractivity contribution in [1.29, 1.82) is 0 Å². The first kappa shape index (κ1) is 18.7. The molecule has 3 rings (SSSR count). The Kier molecular flexibility index (Phi) is 5.47. The van der Waals surface area contributed by atoms with Crippen molar-refractivity contribution in [2.45, 2.75) is 39.5 Å². The number of nitrogens with one attached hydrogen (secondary N) is 1. The second-order valence-corrected chi connectivity index (χ2v) is 8.20. The molecule has 7 nitrogen and oxygen atoms in total. The number of hydrogen-bond acceptors (Lipinski definition) is 7. The fourth-order valence-electron chi connectivity index (χ4n) is 2.99. The predicted molar refractivity (Wildman–Crippen MR) is 101 cm³/mol. The standard InChI is InChI=1S/C17H20N4O3S2/c1-9-14(10(2)22)26-15(18-9)12-4-6-21(7-5-12)16(24)13-8-25-17(20-13)19-11(3)23/h8,12H,4-7H2,1-3H3,(H,19,20,23). The highest BCUT2D eigenvalue weighted by molar-refractivity contribution is 7.14. The van der Waals surface area contributed by atoms with Crippen molar-refractivity contribution in [3.05, 3.63) is 26.7 Å². The average Bonchev–Trinajstić information content (AvgIpc) is 3.20. The summed E-state index contributed by atoms with van der Waals surface area (Å²) in [5, 5.41) is 5.68. The van der Waals surface area contributed by atoms with Gasteiger partial charge in [0.2, 0.25) is 5.91 Å². The van der Waals surface area contributed by atoms with Crippen molar-refractivity contribution < 1.29 is 14.4 Å². The van der Waals surface area contributed by atoms with Crippen LogP contribution >= 0.6 is 22.7 Å². The largest absolute Gasteiger partial charge is 0.337 e. The molecule has 3 heterocycles. The molecule has 0 spiro atoms. The van der Waals surface area contributed by atoms with Gasteiger partial charge in [0.15, 0.2) is 10.9 Å². The van der Waals surface area contributed by atoms with Gasteiger partial charge in [-0.15, -0.1) is 22.7 Å². The minimum absolute atomic E-state index is 0.0531. The zero-order valence-corrected chi connectivity index (χ0v) is 16.5. The van der Waals surface area contributed by atoms with E-state index in [1.807, 2.05) is 6.92 Å². The van der Waals surface area contributed by atoms with E-state index in [0.717, 1.165) is 28.4 Å². The molecule has 0 unspecified atom stereocenters. The Morgan fingerprint density at radius 1 is 1.19 bits per heavy atom. The summed E-state index contributed by atoms with van der Waals surface area (Å²) in [6.07, 6.45) is 1.64. The second kappa shape index (κ2) is 7.63. The van der Waals surface area contributed by atoms with Gasteiger partial charge in [-0.1, -0.05) is 0 Å². The van der Waals surface area contributed by atoms with E-state index in [1.165, 1.54) is 29.6 Å². The van der Waals surface area contributed by atoms with Crippen molar-refractivity contribution in [1.82, 2.24) is 14.9 Å². The van der Waals surface area contributed by atoms with Gasteiger partial charge in [0, 0.05) is 38.2 Å². The number of thiazole rings is 2. The molecule has 0 bridgehead atoms. The SMILES string of the molecule is CC(=O)Nc1nc(C(=O)N2CCC(c3nc(C)c(C(C)=O)s3)CC2)cs1. The fraction of sp³-hybridized carbons (Fsp3) is 0.471. The number of piperidine rings is 1. The van der Waals surface area contributed by atoms with Crippen LogP contribution in [0.5, 0.6) is 0 Å². The molecule has 0 saturated carbocycles. The number of anilines is 1. The molecule has 1 fully saturated rings. The Hall–Kier alpha value is -2.13. The van der Waals surface area contributed by atoms with E-state index in [0.29, 0.717) is 23.9 Å². The van der Waals surface area contributed by atoms with Crippen LogP contribution in [0.2, 0.25) is 0 Å². The smallest absolute Gasteiger partial charge is 0.273 e. The number of amides is 2. The number of rotatable bonds is 4. The van der Waals surface area contributed by atoms with E-state index in [2.05, 4.69) is 15.3 Å². The number of nitrogens with zero attached hydrogens (tertiary/aromatic N) is 3. The van der Waals surface area contributed by atoms with Crippen LogP contribution < -0.4 is 5.32 Å². The molecule has 0 aliphatic carbocycles. The van der Waals surface area contributed by atoms with Crippen molar-refractivity contribution in [3.8, 4) is 0 Å². The Morgan fingerprint density at radius 2 is 1.88 bits per heavy atom. The summed E-state index contributed by atoms with van der Waals surface area (Å²) in [6, 6.07) is 0. The van der Waals surface area contributed by atoms with Gasteiger partial charge in [-0.3, -0.25) is 14.4 Å². The van der Waals surface area contributed by atoms with Crippen molar-refractivity contribution in [3.63, 3.8) is 0 Å². The quantitative estimate of drug-likeness (QED) is 0.807. The molecule has 0 atom stereocenters. The summed E-state index contributed by atoms with van der Waals surface area (Å²) in [7, 11) is 0. The molecular formula is C17H20N4O3S2. The summed E-state index contributed by atoms with van der Waals surface area (Å²) in [5.41, 5.74) is 1.16. The van der Waals surface area contributed by atoms with Gasteiger partial charge in [-0.05, 0) is 19.8 Å². The molecule has 0 aromatic carbocycles. The molecule has 1 saturated heterocycles. The van der Waals surface area contributed by atoms with E-state index in [1.54, 1.807) is 17.2 Å². The van der Waals surface area contributed by atoms with Crippen LogP contribution in [0.3, 0.4) is 0 Å². The van der Waals surface area contributed by atoms with Gasteiger partial charge in [0.25, 0.3) is 5.91 Å². The number of aryl methyl sites for hydroxylation is 1. The lowest BCUT2D eigenvalue weighted by Crippen LogP contribution is -2.38. The molecular weight excluding hydrogens is 372 g/mol. The maximum absolute atomic E-state index is 12.6. The maximum Gasteiger partial charge on any atom is 0.273 e. The Bertz CT molecular complexity index is 850. The number of likely N-dealkylation sites (tertiary alicyclic amines) is 1. The lowest BCUT2D eigenvalue weighted by atomic mass is 9.97. The number of carbonyl (C=O) groups is 3. The molecule has 2 aromatic rings. The minimum atomic E-state index is -0.206. The zero-order chi connectivity index (χ0) is 18.8. The lowest BCUT2D eigenvalue weighted by Gasteiger charge is -2.30. The Labute approximate surface area is 159 Å². The maximum atomic E-state index is 12.6. The number of hydrogen-bond donors (Lipinski definition) is 1. The van der Waals surface area contributed by atoms with Gasteiger partial charge in [-0.25, -0.2) is 9.97 Å². The van der Waals surface area contributed by atoms with E-state index < -0.39 is 0 Å². The second-order valence-electron chi connectivity index (χ2n) is 6.31. The fourth-order valence-corrected chi connectivity index (χ4v) is 4.85. The van der Waals surface area contributed by atoms with Crippen LogP contribution in [-0.2, 0) is 4.79 Å². The molecule has 2 amide bonds. The molecule has 0 radical (unpaired) electrons. The van der Waals surface area contributed by atoms with Crippen molar-refractivity contribution >= 4 is 45.4 Å². The predicted octanol–water partition coefficient (Wildman–Crippen LogP) is 3.09. The Balaban J connectivity index is 1.62. The van der Waals surface area contributed by atoms with E-state index in [-0.39, 0.29) is 23.5 Å². The first-order valence-electron chi connectivity index (χ1n) is 8.35. The highest BCUT2D eigenvalue weighted by atomic mass is 32.1. The number of aromatic nitrogens is 2. The molecule has 1 N–H and O–H groups in total. The number of ketones is 1. The molecule has 138 valence electrons. The molecule has 2 aromatic heterocycles. The third-order valence-electron chi connectivity index (χ3n) is 4.27. The molecule has 26 heavy (non-hydrogen) atoms. The van der Waals surface area contributed by atoms with Crippen LogP contribution in [0.1, 0.15) is 63.5 Å². The molecule has 9 heteroatoms. The first-order chi connectivity index (χ1) is 12.3. The van der Waals surface area contributed by atoms with Crippen LogP contribution in [0.15, 0.2) is 5.38 Å². The number of Topliss-reactive ketones (excluding diaryl/α,β-unsaturated/α-hetero) is 1. The molecule has 1 aliphatic rings. The topological polar surface area (TPSA) is 92.3 Å². The normalized spacial score (nSPS) is 15.1. The average molecular weight is 393 g/mol. The summed E-state index contributed by atoms with van der Waals surface area (Å²) in [5.74, 6) is 0.0116. The van der Waals surface area contributed by atoms with Crippen LogP contribution in [-0.4, -0.2) is 45.6 Å². The highest BCUT2D eigenvalue weighted by Crippen LogP contribution is 2.33.